The lowest BCUT2D eigenvalue weighted by Crippen LogP contribution is -2.54. The molecular weight excluding hydrogens is 456 g/mol. The van der Waals surface area contributed by atoms with Crippen molar-refractivity contribution in [3.05, 3.63) is 94.5 Å². The molecule has 0 radical (unpaired) electrons. The van der Waals surface area contributed by atoms with Gasteiger partial charge in [0.1, 0.15) is 23.7 Å². The highest BCUT2D eigenvalue weighted by molar-refractivity contribution is 6.39. The topological polar surface area (TPSA) is 84.9 Å². The van der Waals surface area contributed by atoms with Crippen molar-refractivity contribution in [2.75, 3.05) is 11.5 Å². The van der Waals surface area contributed by atoms with E-state index in [-0.39, 0.29) is 5.57 Å². The van der Waals surface area contributed by atoms with Gasteiger partial charge in [-0.1, -0.05) is 35.9 Å². The number of urea groups is 1. The van der Waals surface area contributed by atoms with E-state index in [2.05, 4.69) is 5.32 Å². The highest BCUT2D eigenvalue weighted by Gasteiger charge is 2.36. The molecule has 0 atom stereocenters. The zero-order valence-corrected chi connectivity index (χ0v) is 19.0. The van der Waals surface area contributed by atoms with E-state index in [1.54, 1.807) is 60.7 Å². The van der Waals surface area contributed by atoms with Gasteiger partial charge in [-0.25, -0.2) is 9.69 Å². The molecule has 7 nitrogen and oxygen atoms in total. The van der Waals surface area contributed by atoms with Crippen LogP contribution >= 0.6 is 11.6 Å². The van der Waals surface area contributed by atoms with E-state index in [1.165, 1.54) is 6.08 Å². The summed E-state index contributed by atoms with van der Waals surface area (Å²) in [5.74, 6) is -0.218. The molecule has 1 saturated heterocycles. The first-order chi connectivity index (χ1) is 16.4. The van der Waals surface area contributed by atoms with Gasteiger partial charge >= 0.3 is 6.03 Å². The van der Waals surface area contributed by atoms with Crippen LogP contribution in [0.2, 0.25) is 5.02 Å². The van der Waals surface area contributed by atoms with Crippen molar-refractivity contribution in [2.24, 2.45) is 0 Å². The number of carbonyl (C=O) groups is 3. The summed E-state index contributed by atoms with van der Waals surface area (Å²) in [4.78, 5) is 38.8. The summed E-state index contributed by atoms with van der Waals surface area (Å²) in [7, 11) is 0. The number of nitrogens with zero attached hydrogens (tertiary/aromatic N) is 1. The molecule has 3 aromatic carbocycles. The van der Waals surface area contributed by atoms with Crippen molar-refractivity contribution >= 4 is 41.2 Å². The van der Waals surface area contributed by atoms with Gasteiger partial charge in [-0.3, -0.25) is 14.9 Å². The predicted octanol–water partition coefficient (Wildman–Crippen LogP) is 4.98. The Labute approximate surface area is 201 Å². The summed E-state index contributed by atoms with van der Waals surface area (Å²) < 4.78 is 11.2. The molecule has 1 heterocycles. The van der Waals surface area contributed by atoms with Crippen LogP contribution in [0.15, 0.2) is 78.4 Å². The Morgan fingerprint density at radius 2 is 1.47 bits per heavy atom. The fourth-order valence-electron chi connectivity index (χ4n) is 3.32. The van der Waals surface area contributed by atoms with E-state index in [9.17, 15) is 14.4 Å². The van der Waals surface area contributed by atoms with Crippen LogP contribution < -0.4 is 19.7 Å². The maximum Gasteiger partial charge on any atom is 0.335 e. The third-order valence-electron chi connectivity index (χ3n) is 5.02. The highest BCUT2D eigenvalue weighted by atomic mass is 35.5. The summed E-state index contributed by atoms with van der Waals surface area (Å²) in [5.41, 5.74) is 1.74. The zero-order chi connectivity index (χ0) is 24.1. The van der Waals surface area contributed by atoms with Crippen LogP contribution in [0.5, 0.6) is 11.5 Å². The van der Waals surface area contributed by atoms with Crippen molar-refractivity contribution in [1.29, 1.82) is 0 Å². The smallest absolute Gasteiger partial charge is 0.335 e. The Kier molecular flexibility index (Phi) is 6.94. The second-order valence-corrected chi connectivity index (χ2v) is 7.81. The van der Waals surface area contributed by atoms with E-state index in [4.69, 9.17) is 21.1 Å². The van der Waals surface area contributed by atoms with E-state index in [1.807, 2.05) is 19.1 Å². The summed E-state index contributed by atoms with van der Waals surface area (Å²) in [6.45, 7) is 2.75. The minimum absolute atomic E-state index is 0.146. The lowest BCUT2D eigenvalue weighted by atomic mass is 10.1. The molecule has 0 bridgehead atoms. The SMILES string of the molecule is CCOc1ccc(/C=C2\C(=O)NC(=O)N(c3ccc(OCc4ccc(Cl)cc4)cc3)C2=O)cc1. The number of benzene rings is 3. The molecule has 3 aromatic rings. The number of hydrogen-bond donors (Lipinski definition) is 1. The lowest BCUT2D eigenvalue weighted by Gasteiger charge is -2.26. The number of imide groups is 2. The van der Waals surface area contributed by atoms with Crippen molar-refractivity contribution in [2.45, 2.75) is 13.5 Å². The minimum Gasteiger partial charge on any atom is -0.494 e. The molecule has 4 rings (SSSR count). The first-order valence-corrected chi connectivity index (χ1v) is 10.9. The summed E-state index contributed by atoms with van der Waals surface area (Å²) in [6, 6.07) is 19.9. The molecule has 0 unspecified atom stereocenters. The summed E-state index contributed by atoms with van der Waals surface area (Å²) in [5, 5.41) is 2.86. The van der Waals surface area contributed by atoms with Crippen LogP contribution in [0, 0.1) is 0 Å². The Morgan fingerprint density at radius 1 is 0.853 bits per heavy atom. The third-order valence-corrected chi connectivity index (χ3v) is 5.27. The number of halogens is 1. The van der Waals surface area contributed by atoms with Crippen molar-refractivity contribution in [3.63, 3.8) is 0 Å². The van der Waals surface area contributed by atoms with E-state index in [0.29, 0.717) is 41.0 Å². The molecule has 172 valence electrons. The normalized spacial score (nSPS) is 14.8. The fraction of sp³-hybridized carbons (Fsp3) is 0.115. The predicted molar refractivity (Wildman–Crippen MR) is 129 cm³/mol. The maximum atomic E-state index is 13.1. The van der Waals surface area contributed by atoms with Crippen molar-refractivity contribution in [1.82, 2.24) is 5.32 Å². The molecular formula is C26H21ClN2O5. The molecule has 0 aromatic heterocycles. The van der Waals surface area contributed by atoms with Gasteiger partial charge in [0, 0.05) is 5.02 Å². The van der Waals surface area contributed by atoms with Gasteiger partial charge in [0.15, 0.2) is 0 Å². The van der Waals surface area contributed by atoms with Crippen LogP contribution in [-0.4, -0.2) is 24.5 Å². The Bertz CT molecular complexity index is 1240. The van der Waals surface area contributed by atoms with Crippen LogP contribution in [-0.2, 0) is 16.2 Å². The van der Waals surface area contributed by atoms with Crippen LogP contribution in [0.1, 0.15) is 18.1 Å². The largest absolute Gasteiger partial charge is 0.494 e. The van der Waals surface area contributed by atoms with Gasteiger partial charge in [-0.05, 0) is 72.7 Å². The van der Waals surface area contributed by atoms with E-state index in [0.717, 1.165) is 10.5 Å². The highest BCUT2D eigenvalue weighted by Crippen LogP contribution is 2.25. The second-order valence-electron chi connectivity index (χ2n) is 7.37. The number of amides is 4. The first kappa shape index (κ1) is 23.1. The average molecular weight is 477 g/mol. The number of rotatable bonds is 7. The number of ether oxygens (including phenoxy) is 2. The van der Waals surface area contributed by atoms with Crippen LogP contribution in [0.3, 0.4) is 0 Å². The monoisotopic (exact) mass is 476 g/mol. The van der Waals surface area contributed by atoms with Gasteiger partial charge in [0.05, 0.1) is 12.3 Å². The summed E-state index contributed by atoms with van der Waals surface area (Å²) in [6.07, 6.45) is 1.44. The average Bonchev–Trinajstić information content (AvgIpc) is 2.83. The molecule has 1 N–H and O–H groups in total. The fourth-order valence-corrected chi connectivity index (χ4v) is 3.45. The number of barbiturate groups is 1. The summed E-state index contributed by atoms with van der Waals surface area (Å²) >= 11 is 5.89. The van der Waals surface area contributed by atoms with Gasteiger partial charge in [0.2, 0.25) is 0 Å². The van der Waals surface area contributed by atoms with Gasteiger partial charge in [0.25, 0.3) is 11.8 Å². The number of hydrogen-bond acceptors (Lipinski definition) is 5. The standard InChI is InChI=1S/C26H21ClN2O5/c1-2-33-21-11-5-17(6-12-21)15-23-24(30)28-26(32)29(25(23)31)20-9-13-22(14-10-20)34-16-18-3-7-19(27)8-4-18/h3-15H,2,16H2,1H3,(H,28,30,32)/b23-15+. The number of carbonyl (C=O) groups excluding carboxylic acids is 3. The molecule has 0 saturated carbocycles. The van der Waals surface area contributed by atoms with Gasteiger partial charge in [-0.2, -0.15) is 0 Å². The quantitative estimate of drug-likeness (QED) is 0.384. The zero-order valence-electron chi connectivity index (χ0n) is 18.3. The van der Waals surface area contributed by atoms with Crippen LogP contribution in [0.4, 0.5) is 10.5 Å². The third kappa shape index (κ3) is 5.27. The number of anilines is 1. The Balaban J connectivity index is 1.50. The Morgan fingerprint density at radius 3 is 2.12 bits per heavy atom. The first-order valence-electron chi connectivity index (χ1n) is 10.6. The van der Waals surface area contributed by atoms with Crippen molar-refractivity contribution in [3.8, 4) is 11.5 Å². The number of nitrogens with one attached hydrogen (secondary N) is 1. The molecule has 1 aliphatic rings. The molecule has 4 amide bonds. The minimum atomic E-state index is -0.811. The molecule has 8 heteroatoms. The molecule has 1 aliphatic heterocycles. The second kappa shape index (κ2) is 10.2. The van der Waals surface area contributed by atoms with Crippen LogP contribution in [0.25, 0.3) is 6.08 Å². The molecule has 0 spiro atoms. The molecule has 34 heavy (non-hydrogen) atoms. The Hall–Kier alpha value is -4.10. The van der Waals surface area contributed by atoms with E-state index >= 15 is 0 Å². The van der Waals surface area contributed by atoms with Crippen molar-refractivity contribution < 1.29 is 23.9 Å². The van der Waals surface area contributed by atoms with Gasteiger partial charge in [-0.15, -0.1) is 0 Å². The van der Waals surface area contributed by atoms with E-state index < -0.39 is 17.8 Å². The maximum absolute atomic E-state index is 13.1. The van der Waals surface area contributed by atoms with Gasteiger partial charge < -0.3 is 9.47 Å². The lowest BCUT2D eigenvalue weighted by molar-refractivity contribution is -0.122. The molecule has 0 aliphatic carbocycles. The molecule has 1 fully saturated rings.